The van der Waals surface area contributed by atoms with Crippen LogP contribution >= 0.6 is 15.9 Å². The molecule has 2 aromatic rings. The van der Waals surface area contributed by atoms with Gasteiger partial charge in [0.2, 0.25) is 0 Å². The van der Waals surface area contributed by atoms with E-state index in [1.54, 1.807) is 6.20 Å². The molecule has 3 N–H and O–H groups in total. The highest BCUT2D eigenvalue weighted by molar-refractivity contribution is 9.10. The Morgan fingerprint density at radius 1 is 1.55 bits per heavy atom. The standard InChI is InChI=1S/C13H16BrN5O/c1-18-6-5-16-12(18)8-19(2)11-4-3-9(7-10(11)14)13(15)17-20/h3-7,20H,8H2,1-2H3,(H2,15,17). The lowest BCUT2D eigenvalue weighted by Gasteiger charge is -2.21. The molecule has 0 bridgehead atoms. The predicted molar refractivity (Wildman–Crippen MR) is 82.0 cm³/mol. The van der Waals surface area contributed by atoms with Crippen LogP contribution in [0.2, 0.25) is 0 Å². The largest absolute Gasteiger partial charge is 0.409 e. The molecule has 0 spiro atoms. The van der Waals surface area contributed by atoms with Crippen molar-refractivity contribution in [2.75, 3.05) is 11.9 Å². The first-order valence-electron chi connectivity index (χ1n) is 5.97. The number of rotatable bonds is 4. The van der Waals surface area contributed by atoms with E-state index in [1.165, 1.54) is 0 Å². The van der Waals surface area contributed by atoms with Crippen molar-refractivity contribution in [1.82, 2.24) is 9.55 Å². The number of halogens is 1. The van der Waals surface area contributed by atoms with Crippen molar-refractivity contribution in [3.8, 4) is 0 Å². The average Bonchev–Trinajstić information content (AvgIpc) is 2.83. The van der Waals surface area contributed by atoms with Crippen molar-refractivity contribution in [3.05, 3.63) is 46.5 Å². The molecule has 0 aliphatic carbocycles. The molecule has 20 heavy (non-hydrogen) atoms. The summed E-state index contributed by atoms with van der Waals surface area (Å²) in [6.07, 6.45) is 3.69. The van der Waals surface area contributed by atoms with Gasteiger partial charge in [-0.3, -0.25) is 0 Å². The summed E-state index contributed by atoms with van der Waals surface area (Å²) in [5.74, 6) is 1.06. The molecule has 0 radical (unpaired) electrons. The Labute approximate surface area is 125 Å². The highest BCUT2D eigenvalue weighted by atomic mass is 79.9. The van der Waals surface area contributed by atoms with Crippen LogP contribution < -0.4 is 10.6 Å². The normalized spacial score (nSPS) is 11.7. The van der Waals surface area contributed by atoms with Gasteiger partial charge in [0.15, 0.2) is 5.84 Å². The van der Waals surface area contributed by atoms with Crippen LogP contribution in [-0.4, -0.2) is 27.6 Å². The third kappa shape index (κ3) is 2.93. The summed E-state index contributed by atoms with van der Waals surface area (Å²) < 4.78 is 2.85. The summed E-state index contributed by atoms with van der Waals surface area (Å²) in [6.45, 7) is 0.686. The van der Waals surface area contributed by atoms with E-state index in [-0.39, 0.29) is 5.84 Å². The Kier molecular flexibility index (Phi) is 4.29. The summed E-state index contributed by atoms with van der Waals surface area (Å²) >= 11 is 3.51. The van der Waals surface area contributed by atoms with E-state index in [0.717, 1.165) is 16.0 Å². The van der Waals surface area contributed by atoms with Crippen molar-refractivity contribution in [1.29, 1.82) is 0 Å². The number of hydrogen-bond donors (Lipinski definition) is 2. The van der Waals surface area contributed by atoms with Crippen LogP contribution in [0.5, 0.6) is 0 Å². The van der Waals surface area contributed by atoms with E-state index in [2.05, 4.69) is 31.0 Å². The van der Waals surface area contributed by atoms with Gasteiger partial charge in [-0.1, -0.05) is 5.16 Å². The highest BCUT2D eigenvalue weighted by Crippen LogP contribution is 2.27. The second kappa shape index (κ2) is 5.96. The molecule has 6 nitrogen and oxygen atoms in total. The second-order valence-corrected chi connectivity index (χ2v) is 5.32. The SMILES string of the molecule is CN(Cc1nccn1C)c1ccc(/C(N)=N/O)cc1Br. The molecular weight excluding hydrogens is 322 g/mol. The van der Waals surface area contributed by atoms with Crippen LogP contribution in [-0.2, 0) is 13.6 Å². The molecule has 7 heteroatoms. The summed E-state index contributed by atoms with van der Waals surface area (Å²) in [7, 11) is 3.95. The lowest BCUT2D eigenvalue weighted by molar-refractivity contribution is 0.318. The fourth-order valence-electron chi connectivity index (χ4n) is 1.88. The quantitative estimate of drug-likeness (QED) is 0.386. The van der Waals surface area contributed by atoms with Crippen LogP contribution in [0.4, 0.5) is 5.69 Å². The number of nitrogens with zero attached hydrogens (tertiary/aromatic N) is 4. The third-order valence-electron chi connectivity index (χ3n) is 3.06. The van der Waals surface area contributed by atoms with Crippen LogP contribution in [0.25, 0.3) is 0 Å². The molecule has 0 aliphatic rings. The summed E-state index contributed by atoms with van der Waals surface area (Å²) in [6, 6.07) is 5.55. The fraction of sp³-hybridized carbons (Fsp3) is 0.231. The number of oxime groups is 1. The van der Waals surface area contributed by atoms with Gasteiger partial charge in [-0.05, 0) is 34.1 Å². The maximum absolute atomic E-state index is 8.69. The molecular formula is C13H16BrN5O. The predicted octanol–water partition coefficient (Wildman–Crippen LogP) is 1.91. The number of hydrogen-bond acceptors (Lipinski definition) is 4. The Balaban J connectivity index is 2.22. The minimum absolute atomic E-state index is 0.0870. The summed E-state index contributed by atoms with van der Waals surface area (Å²) in [5.41, 5.74) is 7.23. The molecule has 1 aromatic carbocycles. The molecule has 2 rings (SSSR count). The smallest absolute Gasteiger partial charge is 0.170 e. The molecule has 0 aliphatic heterocycles. The van der Waals surface area contributed by atoms with Gasteiger partial charge in [0.25, 0.3) is 0 Å². The highest BCUT2D eigenvalue weighted by Gasteiger charge is 2.10. The molecule has 1 aromatic heterocycles. The number of benzene rings is 1. The molecule has 0 unspecified atom stereocenters. The van der Waals surface area contributed by atoms with E-state index in [0.29, 0.717) is 12.1 Å². The molecule has 0 atom stereocenters. The first kappa shape index (κ1) is 14.4. The zero-order valence-corrected chi connectivity index (χ0v) is 12.9. The minimum Gasteiger partial charge on any atom is -0.409 e. The van der Waals surface area contributed by atoms with Gasteiger partial charge in [0, 0.05) is 36.5 Å². The van der Waals surface area contributed by atoms with Crippen molar-refractivity contribution in [2.24, 2.45) is 17.9 Å². The number of aryl methyl sites for hydroxylation is 1. The maximum atomic E-state index is 8.69. The second-order valence-electron chi connectivity index (χ2n) is 4.46. The van der Waals surface area contributed by atoms with Gasteiger partial charge in [0.1, 0.15) is 5.82 Å². The summed E-state index contributed by atoms with van der Waals surface area (Å²) in [4.78, 5) is 6.38. The van der Waals surface area contributed by atoms with Gasteiger partial charge >= 0.3 is 0 Å². The van der Waals surface area contributed by atoms with E-state index in [1.807, 2.05) is 43.1 Å². The van der Waals surface area contributed by atoms with Crippen LogP contribution in [0.1, 0.15) is 11.4 Å². The maximum Gasteiger partial charge on any atom is 0.170 e. The lowest BCUT2D eigenvalue weighted by atomic mass is 10.2. The number of amidine groups is 1. The number of aromatic nitrogens is 2. The summed E-state index contributed by atoms with van der Waals surface area (Å²) in [5, 5.41) is 11.7. The van der Waals surface area contributed by atoms with Crippen molar-refractivity contribution >= 4 is 27.5 Å². The van der Waals surface area contributed by atoms with Gasteiger partial charge in [-0.15, -0.1) is 0 Å². The molecule has 1 heterocycles. The topological polar surface area (TPSA) is 79.7 Å². The monoisotopic (exact) mass is 337 g/mol. The zero-order valence-electron chi connectivity index (χ0n) is 11.3. The third-order valence-corrected chi connectivity index (χ3v) is 3.70. The first-order valence-corrected chi connectivity index (χ1v) is 6.77. The van der Waals surface area contributed by atoms with E-state index in [4.69, 9.17) is 10.9 Å². The Morgan fingerprint density at radius 3 is 2.85 bits per heavy atom. The van der Waals surface area contributed by atoms with Crippen molar-refractivity contribution in [2.45, 2.75) is 6.54 Å². The Hall–Kier alpha value is -2.02. The van der Waals surface area contributed by atoms with Crippen molar-refractivity contribution in [3.63, 3.8) is 0 Å². The first-order chi connectivity index (χ1) is 9.52. The van der Waals surface area contributed by atoms with Crippen LogP contribution in [0.3, 0.4) is 0 Å². The van der Waals surface area contributed by atoms with E-state index in [9.17, 15) is 0 Å². The van der Waals surface area contributed by atoms with Gasteiger partial charge in [-0.25, -0.2) is 4.98 Å². The number of imidazole rings is 1. The molecule has 0 fully saturated rings. The minimum atomic E-state index is 0.0870. The van der Waals surface area contributed by atoms with Gasteiger partial charge in [-0.2, -0.15) is 0 Å². The van der Waals surface area contributed by atoms with Crippen molar-refractivity contribution < 1.29 is 5.21 Å². The van der Waals surface area contributed by atoms with Crippen LogP contribution in [0.15, 0.2) is 40.2 Å². The lowest BCUT2D eigenvalue weighted by Crippen LogP contribution is -2.20. The Bertz CT molecular complexity index is 637. The fourth-order valence-corrected chi connectivity index (χ4v) is 2.56. The zero-order chi connectivity index (χ0) is 14.7. The van der Waals surface area contributed by atoms with Gasteiger partial charge in [0.05, 0.1) is 12.2 Å². The van der Waals surface area contributed by atoms with Crippen LogP contribution in [0, 0.1) is 0 Å². The average molecular weight is 338 g/mol. The molecule has 0 saturated carbocycles. The number of anilines is 1. The number of nitrogens with two attached hydrogens (primary N) is 1. The van der Waals surface area contributed by atoms with E-state index < -0.39 is 0 Å². The molecule has 0 amide bonds. The Morgan fingerprint density at radius 2 is 2.30 bits per heavy atom. The molecule has 106 valence electrons. The van der Waals surface area contributed by atoms with Gasteiger partial charge < -0.3 is 20.4 Å². The molecule has 0 saturated heterocycles. The van der Waals surface area contributed by atoms with E-state index >= 15 is 0 Å².